The maximum absolute atomic E-state index is 13.9. The molecule has 0 aliphatic carbocycles. The van der Waals surface area contributed by atoms with Crippen LogP contribution in [0.2, 0.25) is 0 Å². The van der Waals surface area contributed by atoms with Crippen LogP contribution < -0.4 is 4.74 Å². The first-order chi connectivity index (χ1) is 11.1. The Morgan fingerprint density at radius 1 is 1.04 bits per heavy atom. The first-order valence-electron chi connectivity index (χ1n) is 7.51. The van der Waals surface area contributed by atoms with Crippen LogP contribution in [0, 0.1) is 23.3 Å². The normalized spacial score (nSPS) is 16.2. The molecular formula is C16H19F4NO2. The summed E-state index contributed by atoms with van der Waals surface area (Å²) in [4.78, 5) is 2.00. The minimum Gasteiger partial charge on any atom is -0.487 e. The first kappa shape index (κ1) is 17.7. The highest BCUT2D eigenvalue weighted by molar-refractivity contribution is 5.54. The summed E-state index contributed by atoms with van der Waals surface area (Å²) < 4.78 is 65.5. The fraction of sp³-hybridized carbons (Fsp3) is 0.500. The van der Waals surface area contributed by atoms with Crippen LogP contribution in [0.15, 0.2) is 6.08 Å². The minimum atomic E-state index is -1.51. The topological polar surface area (TPSA) is 21.7 Å². The van der Waals surface area contributed by atoms with Crippen LogP contribution in [-0.2, 0) is 4.74 Å². The Morgan fingerprint density at radius 3 is 2.22 bits per heavy atom. The zero-order chi connectivity index (χ0) is 16.8. The predicted octanol–water partition coefficient (Wildman–Crippen LogP) is 3.38. The van der Waals surface area contributed by atoms with Crippen molar-refractivity contribution in [3.63, 3.8) is 0 Å². The lowest BCUT2D eigenvalue weighted by Gasteiger charge is -2.25. The van der Waals surface area contributed by atoms with E-state index >= 15 is 0 Å². The van der Waals surface area contributed by atoms with Crippen LogP contribution in [0.25, 0.3) is 6.08 Å². The fourth-order valence-corrected chi connectivity index (χ4v) is 2.21. The molecule has 0 spiro atoms. The molecule has 0 unspecified atom stereocenters. The molecule has 1 saturated heterocycles. The van der Waals surface area contributed by atoms with Crippen LogP contribution >= 0.6 is 0 Å². The van der Waals surface area contributed by atoms with E-state index in [2.05, 4.69) is 0 Å². The number of halogens is 4. The predicted molar refractivity (Wildman–Crippen MR) is 78.4 cm³/mol. The van der Waals surface area contributed by atoms with Gasteiger partial charge in [-0.1, -0.05) is 19.1 Å². The minimum absolute atomic E-state index is 0.0288. The second kappa shape index (κ2) is 8.31. The number of hydrogen-bond acceptors (Lipinski definition) is 3. The molecule has 1 aromatic carbocycles. The Hall–Kier alpha value is -1.60. The molecular weight excluding hydrogens is 314 g/mol. The lowest BCUT2D eigenvalue weighted by molar-refractivity contribution is 0.0435. The molecule has 0 bridgehead atoms. The SMILES string of the molecule is CCCOc1c(F)c(F)c(/C=C/CN2CCOCC2)c(F)c1F. The average Bonchev–Trinajstić information content (AvgIpc) is 2.57. The second-order valence-corrected chi connectivity index (χ2v) is 5.16. The number of morpholine rings is 1. The van der Waals surface area contributed by atoms with E-state index in [0.717, 1.165) is 6.08 Å². The molecule has 23 heavy (non-hydrogen) atoms. The molecule has 1 fully saturated rings. The van der Waals surface area contributed by atoms with Crippen LogP contribution in [0.1, 0.15) is 18.9 Å². The van der Waals surface area contributed by atoms with Crippen molar-refractivity contribution in [1.29, 1.82) is 0 Å². The van der Waals surface area contributed by atoms with Gasteiger partial charge < -0.3 is 9.47 Å². The van der Waals surface area contributed by atoms with E-state index in [1.54, 1.807) is 6.92 Å². The Bertz CT molecular complexity index is 543. The van der Waals surface area contributed by atoms with Gasteiger partial charge in [0, 0.05) is 19.6 Å². The van der Waals surface area contributed by atoms with Crippen LogP contribution in [-0.4, -0.2) is 44.4 Å². The Morgan fingerprint density at radius 2 is 1.65 bits per heavy atom. The van der Waals surface area contributed by atoms with Crippen LogP contribution in [0.5, 0.6) is 5.75 Å². The molecule has 1 aromatic rings. The van der Waals surface area contributed by atoms with Crippen LogP contribution in [0.4, 0.5) is 17.6 Å². The first-order valence-corrected chi connectivity index (χ1v) is 7.51. The molecule has 2 rings (SSSR count). The summed E-state index contributed by atoms with van der Waals surface area (Å²) in [6.07, 6.45) is 2.98. The van der Waals surface area contributed by atoms with Crippen molar-refractivity contribution in [2.75, 3.05) is 39.5 Å². The number of benzene rings is 1. The summed E-state index contributed by atoms with van der Waals surface area (Å²) in [5, 5.41) is 0. The molecule has 0 aromatic heterocycles. The molecule has 0 radical (unpaired) electrons. The lowest BCUT2D eigenvalue weighted by Crippen LogP contribution is -2.36. The third-order valence-electron chi connectivity index (χ3n) is 3.46. The maximum atomic E-state index is 13.9. The van der Waals surface area contributed by atoms with E-state index in [9.17, 15) is 17.6 Å². The van der Waals surface area contributed by atoms with E-state index in [1.165, 1.54) is 6.08 Å². The lowest BCUT2D eigenvalue weighted by atomic mass is 10.1. The molecule has 0 saturated carbocycles. The smallest absolute Gasteiger partial charge is 0.204 e. The number of nitrogens with zero attached hydrogens (tertiary/aromatic N) is 1. The van der Waals surface area contributed by atoms with Gasteiger partial charge in [-0.05, 0) is 6.42 Å². The summed E-state index contributed by atoms with van der Waals surface area (Å²) in [6, 6.07) is 0. The van der Waals surface area contributed by atoms with E-state index < -0.39 is 34.6 Å². The molecule has 1 heterocycles. The van der Waals surface area contributed by atoms with Crippen molar-refractivity contribution in [3.8, 4) is 5.75 Å². The Balaban J connectivity index is 2.18. The molecule has 0 amide bonds. The fourth-order valence-electron chi connectivity index (χ4n) is 2.21. The van der Waals surface area contributed by atoms with Gasteiger partial charge in [-0.15, -0.1) is 0 Å². The van der Waals surface area contributed by atoms with Crippen molar-refractivity contribution in [3.05, 3.63) is 34.9 Å². The highest BCUT2D eigenvalue weighted by Crippen LogP contribution is 2.30. The second-order valence-electron chi connectivity index (χ2n) is 5.16. The zero-order valence-electron chi connectivity index (χ0n) is 12.9. The van der Waals surface area contributed by atoms with Crippen molar-refractivity contribution in [2.45, 2.75) is 13.3 Å². The third kappa shape index (κ3) is 4.23. The summed E-state index contributed by atoms with van der Waals surface area (Å²) in [7, 11) is 0. The number of hydrogen-bond donors (Lipinski definition) is 0. The van der Waals surface area contributed by atoms with Crippen molar-refractivity contribution in [1.82, 2.24) is 4.90 Å². The number of ether oxygens (including phenoxy) is 2. The van der Waals surface area contributed by atoms with Gasteiger partial charge in [0.1, 0.15) is 0 Å². The summed E-state index contributed by atoms with van der Waals surface area (Å²) in [5.74, 6) is -6.93. The standard InChI is InChI=1S/C16H19F4NO2/c1-2-8-23-16-14(19)12(17)11(13(18)15(16)20)4-3-5-21-6-9-22-10-7-21/h3-4H,2,5-10H2,1H3/b4-3+. The Kier molecular flexibility index (Phi) is 6.41. The van der Waals surface area contributed by atoms with E-state index in [0.29, 0.717) is 39.3 Å². The van der Waals surface area contributed by atoms with Crippen molar-refractivity contribution in [2.24, 2.45) is 0 Å². The van der Waals surface area contributed by atoms with Gasteiger partial charge in [0.25, 0.3) is 0 Å². The van der Waals surface area contributed by atoms with Gasteiger partial charge in [0.2, 0.25) is 11.6 Å². The molecule has 3 nitrogen and oxygen atoms in total. The van der Waals surface area contributed by atoms with Gasteiger partial charge in [-0.25, -0.2) is 8.78 Å². The highest BCUT2D eigenvalue weighted by Gasteiger charge is 2.25. The summed E-state index contributed by atoms with van der Waals surface area (Å²) in [6.45, 7) is 4.67. The number of rotatable bonds is 6. The molecule has 128 valence electrons. The van der Waals surface area contributed by atoms with E-state index in [1.807, 2.05) is 4.90 Å². The Labute approximate surface area is 132 Å². The molecule has 0 atom stereocenters. The molecule has 7 heteroatoms. The largest absolute Gasteiger partial charge is 0.487 e. The third-order valence-corrected chi connectivity index (χ3v) is 3.46. The van der Waals surface area contributed by atoms with Gasteiger partial charge in [0.15, 0.2) is 17.4 Å². The molecule has 1 aliphatic heterocycles. The maximum Gasteiger partial charge on any atom is 0.204 e. The van der Waals surface area contributed by atoms with Gasteiger partial charge in [0.05, 0.1) is 25.4 Å². The van der Waals surface area contributed by atoms with E-state index in [4.69, 9.17) is 9.47 Å². The monoisotopic (exact) mass is 333 g/mol. The van der Waals surface area contributed by atoms with Crippen LogP contribution in [0.3, 0.4) is 0 Å². The van der Waals surface area contributed by atoms with Crippen molar-refractivity contribution >= 4 is 6.08 Å². The summed E-state index contributed by atoms with van der Waals surface area (Å²) in [5.41, 5.74) is -0.739. The zero-order valence-corrected chi connectivity index (χ0v) is 12.9. The summed E-state index contributed by atoms with van der Waals surface area (Å²) >= 11 is 0. The van der Waals surface area contributed by atoms with Crippen molar-refractivity contribution < 1.29 is 27.0 Å². The van der Waals surface area contributed by atoms with Gasteiger partial charge in [-0.3, -0.25) is 4.90 Å². The van der Waals surface area contributed by atoms with Gasteiger partial charge >= 0.3 is 0 Å². The van der Waals surface area contributed by atoms with E-state index in [-0.39, 0.29) is 6.61 Å². The quantitative estimate of drug-likeness (QED) is 0.588. The molecule has 0 N–H and O–H groups in total. The van der Waals surface area contributed by atoms with Gasteiger partial charge in [-0.2, -0.15) is 8.78 Å². The average molecular weight is 333 g/mol. The highest BCUT2D eigenvalue weighted by atomic mass is 19.2. The molecule has 1 aliphatic rings.